The number of carbonyl (C=O) groups excluding carboxylic acids is 1. The standard InChI is InChI=1S/C20H24N2O2/c1-2-20(15-23)10-13-22(14-11-20)19(24)8-7-16-9-12-21-18-6-4-3-5-17(16)18/h3-9,12,23H,2,10-11,13-15H2,1H3/b8-7+. The zero-order valence-electron chi connectivity index (χ0n) is 14.1. The molecule has 1 saturated heterocycles. The molecule has 4 nitrogen and oxygen atoms in total. The van der Waals surface area contributed by atoms with Gasteiger partial charge in [-0.3, -0.25) is 9.78 Å². The molecule has 2 heterocycles. The third-order valence-corrected chi connectivity index (χ3v) is 5.31. The van der Waals surface area contributed by atoms with E-state index in [9.17, 15) is 9.90 Å². The summed E-state index contributed by atoms with van der Waals surface area (Å²) in [6, 6.07) is 9.86. The highest BCUT2D eigenvalue weighted by Gasteiger charge is 2.33. The molecule has 0 radical (unpaired) electrons. The van der Waals surface area contributed by atoms with Crippen LogP contribution >= 0.6 is 0 Å². The molecule has 0 spiro atoms. The van der Waals surface area contributed by atoms with Crippen LogP contribution in [0.5, 0.6) is 0 Å². The number of fused-ring (bicyclic) bond motifs is 1. The minimum absolute atomic E-state index is 0.00178. The second-order valence-electron chi connectivity index (χ2n) is 6.59. The van der Waals surface area contributed by atoms with Crippen molar-refractivity contribution < 1.29 is 9.90 Å². The lowest BCUT2D eigenvalue weighted by Crippen LogP contribution is -2.43. The number of carbonyl (C=O) groups is 1. The first-order valence-corrected chi connectivity index (χ1v) is 8.59. The highest BCUT2D eigenvalue weighted by Crippen LogP contribution is 2.34. The van der Waals surface area contributed by atoms with Crippen LogP contribution in [-0.2, 0) is 4.79 Å². The smallest absolute Gasteiger partial charge is 0.246 e. The molecule has 1 aromatic heterocycles. The van der Waals surface area contributed by atoms with Crippen molar-refractivity contribution >= 4 is 22.9 Å². The highest BCUT2D eigenvalue weighted by atomic mass is 16.3. The summed E-state index contributed by atoms with van der Waals surface area (Å²) < 4.78 is 0. The fourth-order valence-electron chi connectivity index (χ4n) is 3.35. The maximum absolute atomic E-state index is 12.5. The van der Waals surface area contributed by atoms with E-state index in [1.54, 1.807) is 12.3 Å². The lowest BCUT2D eigenvalue weighted by molar-refractivity contribution is -0.128. The molecule has 0 bridgehead atoms. The number of aliphatic hydroxyl groups is 1. The van der Waals surface area contributed by atoms with Gasteiger partial charge in [0.25, 0.3) is 0 Å². The Morgan fingerprint density at radius 3 is 2.75 bits per heavy atom. The Hall–Kier alpha value is -2.20. The maximum atomic E-state index is 12.5. The molecule has 0 aliphatic carbocycles. The van der Waals surface area contributed by atoms with Gasteiger partial charge in [0.15, 0.2) is 0 Å². The molecule has 1 fully saturated rings. The summed E-state index contributed by atoms with van der Waals surface area (Å²) in [7, 11) is 0. The number of amides is 1. The fraction of sp³-hybridized carbons (Fsp3) is 0.400. The summed E-state index contributed by atoms with van der Waals surface area (Å²) >= 11 is 0. The normalized spacial score (nSPS) is 17.5. The zero-order chi connectivity index (χ0) is 17.0. The summed E-state index contributed by atoms with van der Waals surface area (Å²) in [6.07, 6.45) is 8.00. The molecule has 24 heavy (non-hydrogen) atoms. The number of pyridine rings is 1. The third-order valence-electron chi connectivity index (χ3n) is 5.31. The van der Waals surface area contributed by atoms with Gasteiger partial charge in [-0.25, -0.2) is 0 Å². The molecule has 4 heteroatoms. The lowest BCUT2D eigenvalue weighted by atomic mass is 9.77. The summed E-state index contributed by atoms with van der Waals surface area (Å²) in [5.41, 5.74) is 1.94. The van der Waals surface area contributed by atoms with Crippen LogP contribution in [0.1, 0.15) is 31.7 Å². The molecule has 0 atom stereocenters. The van der Waals surface area contributed by atoms with Gasteiger partial charge in [0.2, 0.25) is 5.91 Å². The number of piperidine rings is 1. The summed E-state index contributed by atoms with van der Waals surface area (Å²) in [5.74, 6) is 0.0403. The molecule has 0 saturated carbocycles. The Labute approximate surface area is 142 Å². The number of rotatable bonds is 4. The zero-order valence-corrected chi connectivity index (χ0v) is 14.1. The van der Waals surface area contributed by atoms with Gasteiger partial charge in [-0.05, 0) is 48.4 Å². The van der Waals surface area contributed by atoms with Gasteiger partial charge in [0.1, 0.15) is 0 Å². The Balaban J connectivity index is 1.70. The molecule has 1 aliphatic heterocycles. The van der Waals surface area contributed by atoms with E-state index in [0.29, 0.717) is 13.1 Å². The molecule has 126 valence electrons. The largest absolute Gasteiger partial charge is 0.396 e. The van der Waals surface area contributed by atoms with Crippen molar-refractivity contribution in [3.05, 3.63) is 48.2 Å². The summed E-state index contributed by atoms with van der Waals surface area (Å²) in [4.78, 5) is 18.7. The van der Waals surface area contributed by atoms with Crippen LogP contribution in [0.4, 0.5) is 0 Å². The van der Waals surface area contributed by atoms with Crippen LogP contribution in [0.15, 0.2) is 42.6 Å². The minimum Gasteiger partial charge on any atom is -0.396 e. The van der Waals surface area contributed by atoms with E-state index < -0.39 is 0 Å². The quantitative estimate of drug-likeness (QED) is 0.878. The Bertz CT molecular complexity index is 735. The predicted molar refractivity (Wildman–Crippen MR) is 96.4 cm³/mol. The number of para-hydroxylation sites is 1. The average Bonchev–Trinajstić information content (AvgIpc) is 2.66. The number of likely N-dealkylation sites (tertiary alicyclic amines) is 1. The number of nitrogens with zero attached hydrogens (tertiary/aromatic N) is 2. The van der Waals surface area contributed by atoms with Crippen LogP contribution in [0, 0.1) is 5.41 Å². The molecule has 3 rings (SSSR count). The summed E-state index contributed by atoms with van der Waals surface area (Å²) in [6.45, 7) is 3.76. The van der Waals surface area contributed by atoms with Crippen molar-refractivity contribution in [2.45, 2.75) is 26.2 Å². The van der Waals surface area contributed by atoms with Gasteiger partial charge in [-0.2, -0.15) is 0 Å². The van der Waals surface area contributed by atoms with Crippen LogP contribution in [0.2, 0.25) is 0 Å². The van der Waals surface area contributed by atoms with Crippen LogP contribution in [0.3, 0.4) is 0 Å². The van der Waals surface area contributed by atoms with E-state index in [0.717, 1.165) is 35.7 Å². The van der Waals surface area contributed by atoms with Gasteiger partial charge < -0.3 is 10.0 Å². The molecule has 0 unspecified atom stereocenters. The van der Waals surface area contributed by atoms with E-state index in [4.69, 9.17) is 0 Å². The first kappa shape index (κ1) is 16.7. The third kappa shape index (κ3) is 3.34. The molecule has 1 aromatic carbocycles. The monoisotopic (exact) mass is 324 g/mol. The van der Waals surface area contributed by atoms with Crippen molar-refractivity contribution in [1.82, 2.24) is 9.88 Å². The Kier molecular flexibility index (Phi) is 4.95. The van der Waals surface area contributed by atoms with Crippen LogP contribution < -0.4 is 0 Å². The van der Waals surface area contributed by atoms with Crippen molar-refractivity contribution in [3.8, 4) is 0 Å². The van der Waals surface area contributed by atoms with Crippen molar-refractivity contribution in [2.75, 3.05) is 19.7 Å². The van der Waals surface area contributed by atoms with Crippen molar-refractivity contribution in [3.63, 3.8) is 0 Å². The van der Waals surface area contributed by atoms with Gasteiger partial charge in [0, 0.05) is 37.4 Å². The van der Waals surface area contributed by atoms with Gasteiger partial charge in [-0.15, -0.1) is 0 Å². The number of benzene rings is 1. The second-order valence-corrected chi connectivity index (χ2v) is 6.59. The maximum Gasteiger partial charge on any atom is 0.246 e. The fourth-order valence-corrected chi connectivity index (χ4v) is 3.35. The molecular weight excluding hydrogens is 300 g/mol. The first-order valence-electron chi connectivity index (χ1n) is 8.59. The van der Waals surface area contributed by atoms with Crippen LogP contribution in [0.25, 0.3) is 17.0 Å². The van der Waals surface area contributed by atoms with Crippen molar-refractivity contribution in [1.29, 1.82) is 0 Å². The molecular formula is C20H24N2O2. The lowest BCUT2D eigenvalue weighted by Gasteiger charge is -2.39. The van der Waals surface area contributed by atoms with E-state index in [-0.39, 0.29) is 17.9 Å². The van der Waals surface area contributed by atoms with E-state index >= 15 is 0 Å². The minimum atomic E-state index is 0.00178. The number of aromatic nitrogens is 1. The van der Waals surface area contributed by atoms with Gasteiger partial charge >= 0.3 is 0 Å². The van der Waals surface area contributed by atoms with Crippen LogP contribution in [-0.4, -0.2) is 40.6 Å². The predicted octanol–water partition coefficient (Wildman–Crippen LogP) is 3.26. The van der Waals surface area contributed by atoms with E-state index in [1.165, 1.54) is 0 Å². The topological polar surface area (TPSA) is 53.4 Å². The highest BCUT2D eigenvalue weighted by molar-refractivity contribution is 5.95. The molecule has 1 N–H and O–H groups in total. The molecule has 2 aromatic rings. The SMILES string of the molecule is CCC1(CO)CCN(C(=O)/C=C/c2ccnc3ccccc23)CC1. The van der Waals surface area contributed by atoms with Gasteiger partial charge in [-0.1, -0.05) is 25.1 Å². The number of aliphatic hydroxyl groups excluding tert-OH is 1. The first-order chi connectivity index (χ1) is 11.7. The number of hydrogen-bond donors (Lipinski definition) is 1. The number of hydrogen-bond acceptors (Lipinski definition) is 3. The average molecular weight is 324 g/mol. The second kappa shape index (κ2) is 7.14. The van der Waals surface area contributed by atoms with Crippen molar-refractivity contribution in [2.24, 2.45) is 5.41 Å². The van der Waals surface area contributed by atoms with E-state index in [2.05, 4.69) is 11.9 Å². The molecule has 1 aliphatic rings. The molecule has 1 amide bonds. The van der Waals surface area contributed by atoms with Gasteiger partial charge in [0.05, 0.1) is 5.52 Å². The summed E-state index contributed by atoms with van der Waals surface area (Å²) in [5, 5.41) is 10.6. The Morgan fingerprint density at radius 2 is 2.04 bits per heavy atom. The van der Waals surface area contributed by atoms with E-state index in [1.807, 2.05) is 41.3 Å². The Morgan fingerprint density at radius 1 is 1.29 bits per heavy atom.